The number of rotatable bonds is 2. The molecule has 0 aliphatic carbocycles. The Morgan fingerprint density at radius 1 is 1.21 bits per heavy atom. The van der Waals surface area contributed by atoms with E-state index in [4.69, 9.17) is 0 Å². The standard InChI is InChI=1S/C12H15IO/c1-12(2,3)11(14)9-13-10-7-5-4-6-8-10/h4-9H,1-3H3/p+1/b11-9-. The van der Waals surface area contributed by atoms with Gasteiger partial charge < -0.3 is 5.11 Å². The maximum Gasteiger partial charge on any atom is 0.353 e. The molecule has 1 rings (SSSR count). The summed E-state index contributed by atoms with van der Waals surface area (Å²) in [6, 6.07) is 10.3. The van der Waals surface area contributed by atoms with Gasteiger partial charge >= 0.3 is 21.2 Å². The van der Waals surface area contributed by atoms with Crippen LogP contribution in [-0.4, -0.2) is 5.11 Å². The Bertz CT molecular complexity index is 309. The molecule has 0 heterocycles. The van der Waals surface area contributed by atoms with Crippen molar-refractivity contribution in [3.63, 3.8) is 0 Å². The van der Waals surface area contributed by atoms with Crippen molar-refractivity contribution in [3.05, 3.63) is 43.7 Å². The molecule has 0 aliphatic rings. The molecule has 0 aromatic heterocycles. The molecule has 2 heteroatoms. The highest BCUT2D eigenvalue weighted by Gasteiger charge is 2.20. The topological polar surface area (TPSA) is 20.2 Å². The van der Waals surface area contributed by atoms with Gasteiger partial charge in [0.05, 0.1) is 0 Å². The van der Waals surface area contributed by atoms with E-state index in [0.29, 0.717) is 5.76 Å². The van der Waals surface area contributed by atoms with Crippen LogP contribution in [0.25, 0.3) is 0 Å². The zero-order chi connectivity index (χ0) is 10.6. The van der Waals surface area contributed by atoms with Crippen LogP contribution in [0.3, 0.4) is 0 Å². The SMILES string of the molecule is CC(C)(C)/C(O)=C/[I+]c1ccccc1. The van der Waals surface area contributed by atoms with Crippen molar-refractivity contribution < 1.29 is 26.3 Å². The second-order valence-corrected chi connectivity index (χ2v) is 6.64. The van der Waals surface area contributed by atoms with Gasteiger partial charge in [-0.25, -0.2) is 0 Å². The molecule has 0 amide bonds. The van der Waals surface area contributed by atoms with Crippen molar-refractivity contribution in [1.29, 1.82) is 0 Å². The number of benzene rings is 1. The van der Waals surface area contributed by atoms with Crippen LogP contribution in [0.15, 0.2) is 40.2 Å². The summed E-state index contributed by atoms with van der Waals surface area (Å²) in [6.45, 7) is 6.06. The highest BCUT2D eigenvalue weighted by Crippen LogP contribution is 2.20. The monoisotopic (exact) mass is 303 g/mol. The molecule has 1 nitrogen and oxygen atoms in total. The molecule has 14 heavy (non-hydrogen) atoms. The van der Waals surface area contributed by atoms with Gasteiger partial charge in [0.25, 0.3) is 0 Å². The minimum atomic E-state index is -0.191. The van der Waals surface area contributed by atoms with E-state index in [0.717, 1.165) is 0 Å². The maximum absolute atomic E-state index is 9.74. The summed E-state index contributed by atoms with van der Waals surface area (Å²) in [7, 11) is 0. The Labute approximate surface area is 96.1 Å². The van der Waals surface area contributed by atoms with E-state index in [9.17, 15) is 5.11 Å². The van der Waals surface area contributed by atoms with E-state index in [1.165, 1.54) is 3.57 Å². The summed E-state index contributed by atoms with van der Waals surface area (Å²) >= 11 is -0.191. The second kappa shape index (κ2) is 4.82. The molecule has 0 atom stereocenters. The smallest absolute Gasteiger partial charge is 0.353 e. The molecule has 0 bridgehead atoms. The number of aliphatic hydroxyl groups excluding tert-OH is 1. The van der Waals surface area contributed by atoms with Gasteiger partial charge in [0.2, 0.25) is 0 Å². The minimum Gasteiger partial charge on any atom is -0.508 e. The van der Waals surface area contributed by atoms with Crippen molar-refractivity contribution in [2.75, 3.05) is 0 Å². The Balaban J connectivity index is 2.65. The fourth-order valence-electron chi connectivity index (χ4n) is 0.766. The van der Waals surface area contributed by atoms with Crippen LogP contribution in [-0.2, 0) is 0 Å². The number of hydrogen-bond donors (Lipinski definition) is 1. The first-order chi connectivity index (χ1) is 6.50. The van der Waals surface area contributed by atoms with Crippen LogP contribution in [0.1, 0.15) is 20.8 Å². The van der Waals surface area contributed by atoms with Crippen molar-refractivity contribution >= 4 is 0 Å². The highest BCUT2D eigenvalue weighted by molar-refractivity contribution is 5.01. The maximum atomic E-state index is 9.74. The molecule has 1 aromatic rings. The predicted molar refractivity (Wildman–Crippen MR) is 55.3 cm³/mol. The zero-order valence-electron chi connectivity index (χ0n) is 8.79. The molecule has 0 radical (unpaired) electrons. The molecule has 1 aromatic carbocycles. The van der Waals surface area contributed by atoms with Crippen LogP contribution in [0.5, 0.6) is 0 Å². The molecule has 0 aliphatic heterocycles. The van der Waals surface area contributed by atoms with Crippen molar-refractivity contribution in [2.45, 2.75) is 20.8 Å². The van der Waals surface area contributed by atoms with Crippen molar-refractivity contribution in [3.8, 4) is 0 Å². The highest BCUT2D eigenvalue weighted by atomic mass is 127. The summed E-state index contributed by atoms with van der Waals surface area (Å²) in [5.41, 5.74) is -0.117. The molecule has 0 unspecified atom stereocenters. The zero-order valence-corrected chi connectivity index (χ0v) is 10.9. The van der Waals surface area contributed by atoms with Gasteiger partial charge in [-0.1, -0.05) is 39.0 Å². The Morgan fingerprint density at radius 3 is 2.29 bits per heavy atom. The van der Waals surface area contributed by atoms with Crippen LogP contribution in [0.4, 0.5) is 0 Å². The Hall–Kier alpha value is -0.510. The molecule has 0 saturated heterocycles. The van der Waals surface area contributed by atoms with E-state index in [1.54, 1.807) is 0 Å². The fourth-order valence-corrected chi connectivity index (χ4v) is 3.18. The summed E-state index contributed by atoms with van der Waals surface area (Å²) in [5, 5.41) is 9.74. The number of allylic oxidation sites excluding steroid dienone is 1. The molecular formula is C12H16IO+. The molecular weight excluding hydrogens is 287 g/mol. The lowest BCUT2D eigenvalue weighted by Crippen LogP contribution is -3.59. The van der Waals surface area contributed by atoms with Crippen LogP contribution < -0.4 is 21.2 Å². The summed E-state index contributed by atoms with van der Waals surface area (Å²) in [4.78, 5) is 0. The average molecular weight is 303 g/mol. The molecule has 0 fully saturated rings. The molecule has 0 saturated carbocycles. The van der Waals surface area contributed by atoms with Gasteiger partial charge in [0.15, 0.2) is 7.65 Å². The summed E-state index contributed by atoms with van der Waals surface area (Å²) in [5.74, 6) is 0.508. The van der Waals surface area contributed by atoms with Gasteiger partial charge in [-0.05, 0) is 12.1 Å². The third-order valence-electron chi connectivity index (χ3n) is 1.79. The second-order valence-electron chi connectivity index (χ2n) is 4.15. The summed E-state index contributed by atoms with van der Waals surface area (Å²) < 4.78 is 3.33. The predicted octanol–water partition coefficient (Wildman–Crippen LogP) is 0.391. The Morgan fingerprint density at radius 2 is 1.79 bits per heavy atom. The molecule has 76 valence electrons. The lowest BCUT2D eigenvalue weighted by Gasteiger charge is -2.14. The number of hydrogen-bond acceptors (Lipinski definition) is 1. The molecule has 1 N–H and O–H groups in total. The Kier molecular flexibility index (Phi) is 3.98. The minimum absolute atomic E-state index is 0.117. The van der Waals surface area contributed by atoms with Crippen LogP contribution >= 0.6 is 0 Å². The fraction of sp³-hybridized carbons (Fsp3) is 0.333. The third-order valence-corrected chi connectivity index (χ3v) is 4.13. The first-order valence-electron chi connectivity index (χ1n) is 4.58. The quantitative estimate of drug-likeness (QED) is 0.619. The number of aliphatic hydroxyl groups is 1. The van der Waals surface area contributed by atoms with Crippen LogP contribution in [0.2, 0.25) is 0 Å². The van der Waals surface area contributed by atoms with E-state index >= 15 is 0 Å². The van der Waals surface area contributed by atoms with E-state index < -0.39 is 0 Å². The van der Waals surface area contributed by atoms with Crippen molar-refractivity contribution in [1.82, 2.24) is 0 Å². The summed E-state index contributed by atoms with van der Waals surface area (Å²) in [6.07, 6.45) is 0. The van der Waals surface area contributed by atoms with Gasteiger partial charge in [0, 0.05) is 5.41 Å². The normalized spacial score (nSPS) is 12.9. The largest absolute Gasteiger partial charge is 0.508 e. The lowest BCUT2D eigenvalue weighted by atomic mass is 9.95. The van der Waals surface area contributed by atoms with Gasteiger partial charge in [-0.2, -0.15) is 0 Å². The third kappa shape index (κ3) is 3.70. The van der Waals surface area contributed by atoms with E-state index in [2.05, 4.69) is 12.1 Å². The van der Waals surface area contributed by atoms with Gasteiger partial charge in [-0.3, -0.25) is 0 Å². The van der Waals surface area contributed by atoms with Gasteiger partial charge in [0.1, 0.15) is 5.76 Å². The number of halogens is 1. The lowest BCUT2D eigenvalue weighted by molar-refractivity contribution is -0.559. The first-order valence-corrected chi connectivity index (χ1v) is 6.90. The van der Waals surface area contributed by atoms with Crippen molar-refractivity contribution in [2.24, 2.45) is 5.41 Å². The van der Waals surface area contributed by atoms with E-state index in [1.807, 2.05) is 43.1 Å². The molecule has 0 spiro atoms. The van der Waals surface area contributed by atoms with E-state index in [-0.39, 0.29) is 26.6 Å². The van der Waals surface area contributed by atoms with Gasteiger partial charge in [-0.15, -0.1) is 0 Å². The van der Waals surface area contributed by atoms with Crippen LogP contribution in [0, 0.1) is 8.99 Å². The first kappa shape index (κ1) is 11.6. The average Bonchev–Trinajstić information content (AvgIpc) is 2.14.